The molecule has 0 aliphatic carbocycles. The van der Waals surface area contributed by atoms with Gasteiger partial charge in [-0.1, -0.05) is 72.8 Å². The van der Waals surface area contributed by atoms with E-state index in [2.05, 4.69) is 68.7 Å². The van der Waals surface area contributed by atoms with Crippen molar-refractivity contribution in [3.63, 3.8) is 0 Å². The molecule has 0 spiro atoms. The molecule has 0 aliphatic heterocycles. The van der Waals surface area contributed by atoms with Crippen LogP contribution in [0.4, 0.5) is 0 Å². The molecule has 0 unspecified atom stereocenters. The smallest absolute Gasteiger partial charge is 0.252 e. The minimum atomic E-state index is -0.0497. The van der Waals surface area contributed by atoms with Gasteiger partial charge in [-0.25, -0.2) is 4.68 Å². The SMILES string of the molecule is Cc1ccccc1CCN(Cc1cc2cccc(C)c2[nH]c1=O)Cc1nnnn1CCc1ccccc1. The Morgan fingerprint density at radius 3 is 2.46 bits per heavy atom. The van der Waals surface area contributed by atoms with Crippen molar-refractivity contribution < 1.29 is 0 Å². The first kappa shape index (κ1) is 24.6. The average molecular weight is 493 g/mol. The quantitative estimate of drug-likeness (QED) is 0.308. The molecule has 5 aromatic rings. The molecule has 0 atom stereocenters. The Labute approximate surface area is 216 Å². The van der Waals surface area contributed by atoms with Crippen LogP contribution in [0.5, 0.6) is 0 Å². The molecule has 3 aromatic carbocycles. The van der Waals surface area contributed by atoms with Crippen molar-refractivity contribution in [2.75, 3.05) is 6.54 Å². The van der Waals surface area contributed by atoms with Gasteiger partial charge in [0.25, 0.3) is 5.56 Å². The van der Waals surface area contributed by atoms with Gasteiger partial charge in [0.15, 0.2) is 5.82 Å². The van der Waals surface area contributed by atoms with E-state index in [1.54, 1.807) is 0 Å². The molecule has 0 aliphatic rings. The van der Waals surface area contributed by atoms with Crippen LogP contribution in [0.25, 0.3) is 10.9 Å². The van der Waals surface area contributed by atoms with Gasteiger partial charge in [0.2, 0.25) is 0 Å². The molecule has 0 amide bonds. The van der Waals surface area contributed by atoms with Gasteiger partial charge >= 0.3 is 0 Å². The Balaban J connectivity index is 1.38. The first-order valence-electron chi connectivity index (χ1n) is 12.7. The highest BCUT2D eigenvalue weighted by Gasteiger charge is 2.16. The molecular weight excluding hydrogens is 460 g/mol. The molecule has 188 valence electrons. The molecule has 1 N–H and O–H groups in total. The van der Waals surface area contributed by atoms with Crippen LogP contribution >= 0.6 is 0 Å². The zero-order chi connectivity index (χ0) is 25.6. The summed E-state index contributed by atoms with van der Waals surface area (Å²) in [7, 11) is 0. The third-order valence-corrected chi connectivity index (χ3v) is 6.94. The molecule has 0 radical (unpaired) electrons. The Hall–Kier alpha value is -4.10. The number of aromatic nitrogens is 5. The molecule has 2 aromatic heterocycles. The van der Waals surface area contributed by atoms with Crippen molar-refractivity contribution in [2.24, 2.45) is 0 Å². The van der Waals surface area contributed by atoms with E-state index in [4.69, 9.17) is 0 Å². The Morgan fingerprint density at radius 2 is 1.62 bits per heavy atom. The number of rotatable bonds is 10. The summed E-state index contributed by atoms with van der Waals surface area (Å²) in [5, 5.41) is 13.6. The topological polar surface area (TPSA) is 79.7 Å². The number of benzene rings is 3. The maximum absolute atomic E-state index is 13.1. The molecule has 0 fully saturated rings. The number of aromatic amines is 1. The minimum absolute atomic E-state index is 0.0497. The highest BCUT2D eigenvalue weighted by Crippen LogP contribution is 2.17. The predicted molar refractivity (Wildman–Crippen MR) is 146 cm³/mol. The monoisotopic (exact) mass is 492 g/mol. The largest absolute Gasteiger partial charge is 0.321 e. The summed E-state index contributed by atoms with van der Waals surface area (Å²) >= 11 is 0. The first-order valence-corrected chi connectivity index (χ1v) is 12.7. The van der Waals surface area contributed by atoms with Crippen LogP contribution < -0.4 is 5.56 Å². The van der Waals surface area contributed by atoms with Crippen LogP contribution in [-0.4, -0.2) is 36.6 Å². The van der Waals surface area contributed by atoms with E-state index in [1.807, 2.05) is 54.1 Å². The third-order valence-electron chi connectivity index (χ3n) is 6.94. The van der Waals surface area contributed by atoms with E-state index in [-0.39, 0.29) is 5.56 Å². The van der Waals surface area contributed by atoms with Crippen LogP contribution in [0.2, 0.25) is 0 Å². The fraction of sp³-hybridized carbons (Fsp3) is 0.267. The number of tetrazole rings is 1. The van der Waals surface area contributed by atoms with E-state index in [0.29, 0.717) is 19.6 Å². The van der Waals surface area contributed by atoms with Gasteiger partial charge in [0.1, 0.15) is 0 Å². The molecule has 5 rings (SSSR count). The van der Waals surface area contributed by atoms with Gasteiger partial charge < -0.3 is 4.98 Å². The molecule has 0 bridgehead atoms. The lowest BCUT2D eigenvalue weighted by atomic mass is 10.1. The van der Waals surface area contributed by atoms with Crippen molar-refractivity contribution in [1.29, 1.82) is 0 Å². The Kier molecular flexibility index (Phi) is 7.51. The van der Waals surface area contributed by atoms with Crippen molar-refractivity contribution in [1.82, 2.24) is 30.1 Å². The Bertz CT molecular complexity index is 1540. The zero-order valence-corrected chi connectivity index (χ0v) is 21.4. The first-order chi connectivity index (χ1) is 18.1. The van der Waals surface area contributed by atoms with Gasteiger partial charge in [-0.05, 0) is 70.8 Å². The van der Waals surface area contributed by atoms with E-state index < -0.39 is 0 Å². The lowest BCUT2D eigenvalue weighted by Gasteiger charge is -2.22. The summed E-state index contributed by atoms with van der Waals surface area (Å²) in [6.07, 6.45) is 1.73. The van der Waals surface area contributed by atoms with Crippen LogP contribution in [0.15, 0.2) is 83.7 Å². The molecular formula is C30H32N6O. The number of para-hydroxylation sites is 1. The summed E-state index contributed by atoms with van der Waals surface area (Å²) in [5.41, 5.74) is 6.48. The lowest BCUT2D eigenvalue weighted by Crippen LogP contribution is -2.30. The maximum Gasteiger partial charge on any atom is 0.252 e. The average Bonchev–Trinajstić information content (AvgIpc) is 3.35. The van der Waals surface area contributed by atoms with Crippen molar-refractivity contribution in [2.45, 2.75) is 46.3 Å². The number of pyridine rings is 1. The van der Waals surface area contributed by atoms with Gasteiger partial charge in [-0.15, -0.1) is 5.10 Å². The Morgan fingerprint density at radius 1 is 0.838 bits per heavy atom. The normalized spacial score (nSPS) is 11.4. The molecule has 0 saturated heterocycles. The summed E-state index contributed by atoms with van der Waals surface area (Å²) in [4.78, 5) is 18.4. The number of fused-ring (bicyclic) bond motifs is 1. The molecule has 0 saturated carbocycles. The number of nitrogens with one attached hydrogen (secondary N) is 1. The van der Waals surface area contributed by atoms with Gasteiger partial charge in [0, 0.05) is 25.2 Å². The summed E-state index contributed by atoms with van der Waals surface area (Å²) in [6.45, 7) is 6.70. The molecule has 2 heterocycles. The van der Waals surface area contributed by atoms with E-state index >= 15 is 0 Å². The number of aryl methyl sites for hydroxylation is 4. The van der Waals surface area contributed by atoms with Crippen molar-refractivity contribution in [3.8, 4) is 0 Å². The maximum atomic E-state index is 13.1. The van der Waals surface area contributed by atoms with Crippen LogP contribution in [0.1, 0.15) is 33.6 Å². The van der Waals surface area contributed by atoms with Crippen LogP contribution in [-0.2, 0) is 32.5 Å². The van der Waals surface area contributed by atoms with E-state index in [0.717, 1.165) is 47.2 Å². The highest BCUT2D eigenvalue weighted by molar-refractivity contribution is 5.81. The number of H-pyrrole nitrogens is 1. The number of hydrogen-bond donors (Lipinski definition) is 1. The highest BCUT2D eigenvalue weighted by atomic mass is 16.1. The number of nitrogens with zero attached hydrogens (tertiary/aromatic N) is 5. The standard InChI is InChI=1S/C30H32N6O/c1-22-9-6-7-13-25(22)16-17-35(20-27-19-26-14-8-10-23(2)29(26)31-30(27)37)21-28-32-33-34-36(28)18-15-24-11-4-3-5-12-24/h3-14,19H,15-18,20-21H2,1-2H3,(H,31,37). The van der Waals surface area contributed by atoms with Crippen molar-refractivity contribution >= 4 is 10.9 Å². The van der Waals surface area contributed by atoms with Crippen molar-refractivity contribution in [3.05, 3.63) is 123 Å². The molecule has 7 nitrogen and oxygen atoms in total. The molecule has 7 heteroatoms. The van der Waals surface area contributed by atoms with Gasteiger partial charge in [-0.2, -0.15) is 0 Å². The fourth-order valence-electron chi connectivity index (χ4n) is 4.76. The second kappa shape index (κ2) is 11.3. The minimum Gasteiger partial charge on any atom is -0.321 e. The third kappa shape index (κ3) is 6.01. The van der Waals surface area contributed by atoms with Crippen LogP contribution in [0, 0.1) is 13.8 Å². The fourth-order valence-corrected chi connectivity index (χ4v) is 4.76. The van der Waals surface area contributed by atoms with Crippen LogP contribution in [0.3, 0.4) is 0 Å². The summed E-state index contributed by atoms with van der Waals surface area (Å²) < 4.78 is 1.88. The van der Waals surface area contributed by atoms with E-state index in [9.17, 15) is 4.79 Å². The predicted octanol–water partition coefficient (Wildman–Crippen LogP) is 4.62. The summed E-state index contributed by atoms with van der Waals surface area (Å²) in [5.74, 6) is 0.800. The second-order valence-corrected chi connectivity index (χ2v) is 9.60. The molecule has 37 heavy (non-hydrogen) atoms. The van der Waals surface area contributed by atoms with E-state index in [1.165, 1.54) is 16.7 Å². The van der Waals surface area contributed by atoms with Gasteiger partial charge in [0.05, 0.1) is 12.1 Å². The zero-order valence-electron chi connectivity index (χ0n) is 21.4. The lowest BCUT2D eigenvalue weighted by molar-refractivity contribution is 0.247. The second-order valence-electron chi connectivity index (χ2n) is 9.60. The summed E-state index contributed by atoms with van der Waals surface area (Å²) in [6, 6.07) is 26.9. The number of hydrogen-bond acceptors (Lipinski definition) is 5. The van der Waals surface area contributed by atoms with Gasteiger partial charge in [-0.3, -0.25) is 9.69 Å².